The van der Waals surface area contributed by atoms with Crippen LogP contribution in [0, 0.1) is 0 Å². The number of nitrogens with zero attached hydrogens (tertiary/aromatic N) is 1. The van der Waals surface area contributed by atoms with Crippen LogP contribution in [0.1, 0.15) is 0 Å². The van der Waals surface area contributed by atoms with Gasteiger partial charge in [-0.3, -0.25) is 5.43 Å². The zero-order chi connectivity index (χ0) is 14.5. The number of benzene rings is 2. The Morgan fingerprint density at radius 3 is 2.25 bits per heavy atom. The van der Waals surface area contributed by atoms with Crippen molar-refractivity contribution in [1.82, 2.24) is 5.43 Å². The Bertz CT molecular complexity index is 629. The van der Waals surface area contributed by atoms with Crippen molar-refractivity contribution in [1.29, 1.82) is 0 Å². The van der Waals surface area contributed by atoms with Crippen molar-refractivity contribution in [3.05, 3.63) is 57.5 Å². The fourth-order valence-electron chi connectivity index (χ4n) is 1.47. The molecule has 0 radical (unpaired) electrons. The monoisotopic (exact) mass is 328 g/mol. The number of anilines is 1. The van der Waals surface area contributed by atoms with Gasteiger partial charge in [0.05, 0.1) is 20.8 Å². The Morgan fingerprint density at radius 2 is 1.60 bits per heavy atom. The van der Waals surface area contributed by atoms with Crippen LogP contribution in [-0.4, -0.2) is 5.96 Å². The predicted molar refractivity (Wildman–Crippen MR) is 86.0 cm³/mol. The average Bonchev–Trinajstić information content (AvgIpc) is 2.45. The van der Waals surface area contributed by atoms with Gasteiger partial charge in [-0.1, -0.05) is 53.0 Å². The predicted octanol–water partition coefficient (Wildman–Crippen LogP) is 4.21. The number of rotatable bonds is 2. The lowest BCUT2D eigenvalue weighted by atomic mass is 10.3. The number of hydrogen-bond donors (Lipinski definition) is 3. The maximum absolute atomic E-state index is 6.06. The van der Waals surface area contributed by atoms with Gasteiger partial charge in [0.25, 0.3) is 0 Å². The molecule has 2 rings (SSSR count). The highest BCUT2D eigenvalue weighted by atomic mass is 35.5. The molecule has 0 saturated carbocycles. The number of hydrazine groups is 1. The van der Waals surface area contributed by atoms with Crippen LogP contribution in [0.15, 0.2) is 47.5 Å². The molecule has 0 saturated heterocycles. The van der Waals surface area contributed by atoms with E-state index in [0.29, 0.717) is 26.7 Å². The molecule has 0 atom stereocenters. The molecule has 0 bridgehead atoms. The van der Waals surface area contributed by atoms with Crippen LogP contribution in [0.25, 0.3) is 0 Å². The molecule has 104 valence electrons. The number of hydrogen-bond acceptors (Lipinski definition) is 2. The molecule has 0 aliphatic rings. The highest BCUT2D eigenvalue weighted by Crippen LogP contribution is 2.34. The Morgan fingerprint density at radius 1 is 0.950 bits per heavy atom. The van der Waals surface area contributed by atoms with Gasteiger partial charge in [0.2, 0.25) is 5.96 Å². The number of nitrogens with one attached hydrogen (secondary N) is 2. The fourth-order valence-corrected chi connectivity index (χ4v) is 2.06. The van der Waals surface area contributed by atoms with Crippen molar-refractivity contribution in [3.8, 4) is 0 Å². The van der Waals surface area contributed by atoms with Gasteiger partial charge in [0.1, 0.15) is 0 Å². The van der Waals surface area contributed by atoms with Crippen LogP contribution in [0.2, 0.25) is 15.1 Å². The highest BCUT2D eigenvalue weighted by molar-refractivity contribution is 6.44. The van der Waals surface area contributed by atoms with Gasteiger partial charge >= 0.3 is 0 Å². The molecule has 0 amide bonds. The van der Waals surface area contributed by atoms with Crippen LogP contribution in [0.5, 0.6) is 0 Å². The number of halogens is 3. The van der Waals surface area contributed by atoms with Crippen molar-refractivity contribution in [3.63, 3.8) is 0 Å². The molecule has 0 aliphatic heterocycles. The quantitative estimate of drug-likeness (QED) is 0.254. The Hall–Kier alpha value is -1.46. The molecule has 7 heteroatoms. The second-order valence-corrected chi connectivity index (χ2v) is 5.04. The highest BCUT2D eigenvalue weighted by Gasteiger charge is 2.07. The van der Waals surface area contributed by atoms with Crippen LogP contribution in [0.4, 0.5) is 11.4 Å². The lowest BCUT2D eigenvalue weighted by Crippen LogP contribution is -2.35. The van der Waals surface area contributed by atoms with E-state index in [1.54, 1.807) is 6.07 Å². The SMILES string of the molecule is NNC(=Nc1cc(Cl)c(Cl)cc1Cl)Nc1ccccc1. The van der Waals surface area contributed by atoms with E-state index in [9.17, 15) is 0 Å². The van der Waals surface area contributed by atoms with E-state index >= 15 is 0 Å². The van der Waals surface area contributed by atoms with Crippen LogP contribution >= 0.6 is 34.8 Å². The summed E-state index contributed by atoms with van der Waals surface area (Å²) < 4.78 is 0. The van der Waals surface area contributed by atoms with E-state index in [1.807, 2.05) is 30.3 Å². The zero-order valence-electron chi connectivity index (χ0n) is 10.2. The van der Waals surface area contributed by atoms with E-state index in [4.69, 9.17) is 40.6 Å². The summed E-state index contributed by atoms with van der Waals surface area (Å²) in [7, 11) is 0. The summed E-state index contributed by atoms with van der Waals surface area (Å²) in [5.41, 5.74) is 3.75. The minimum Gasteiger partial charge on any atom is -0.325 e. The molecule has 0 heterocycles. The summed E-state index contributed by atoms with van der Waals surface area (Å²) in [4.78, 5) is 4.27. The Balaban J connectivity index is 2.29. The van der Waals surface area contributed by atoms with Gasteiger partial charge < -0.3 is 5.32 Å². The minimum atomic E-state index is 0.330. The molecule has 2 aromatic rings. The van der Waals surface area contributed by atoms with Gasteiger partial charge in [-0.05, 0) is 24.3 Å². The molecule has 0 fully saturated rings. The third-order valence-electron chi connectivity index (χ3n) is 2.40. The lowest BCUT2D eigenvalue weighted by Gasteiger charge is -2.10. The molecule has 4 nitrogen and oxygen atoms in total. The first kappa shape index (κ1) is 14.9. The maximum Gasteiger partial charge on any atom is 0.215 e. The van der Waals surface area contributed by atoms with E-state index in [1.165, 1.54) is 6.07 Å². The van der Waals surface area contributed by atoms with Crippen molar-refractivity contribution in [2.24, 2.45) is 10.8 Å². The van der Waals surface area contributed by atoms with E-state index in [2.05, 4.69) is 15.7 Å². The molecule has 20 heavy (non-hydrogen) atoms. The summed E-state index contributed by atoms with van der Waals surface area (Å²) in [5, 5.41) is 4.13. The second-order valence-electron chi connectivity index (χ2n) is 3.81. The van der Waals surface area contributed by atoms with Gasteiger partial charge in [-0.2, -0.15) is 0 Å². The van der Waals surface area contributed by atoms with Crippen LogP contribution in [0.3, 0.4) is 0 Å². The first-order chi connectivity index (χ1) is 9.60. The summed E-state index contributed by atoms with van der Waals surface area (Å²) in [5.74, 6) is 5.77. The molecule has 0 spiro atoms. The number of guanidine groups is 1. The van der Waals surface area contributed by atoms with Gasteiger partial charge in [-0.25, -0.2) is 10.8 Å². The summed E-state index contributed by atoms with van der Waals surface area (Å²) in [6.45, 7) is 0. The van der Waals surface area contributed by atoms with E-state index in [-0.39, 0.29) is 0 Å². The molecular weight excluding hydrogens is 319 g/mol. The summed E-state index contributed by atoms with van der Waals surface area (Å²) in [6.07, 6.45) is 0. The topological polar surface area (TPSA) is 62.4 Å². The molecule has 2 aromatic carbocycles. The Kier molecular flexibility index (Phi) is 5.09. The van der Waals surface area contributed by atoms with E-state index in [0.717, 1.165) is 5.69 Å². The van der Waals surface area contributed by atoms with Crippen molar-refractivity contribution in [2.75, 3.05) is 5.32 Å². The van der Waals surface area contributed by atoms with Crippen molar-refractivity contribution < 1.29 is 0 Å². The van der Waals surface area contributed by atoms with Gasteiger partial charge in [0.15, 0.2) is 0 Å². The van der Waals surface area contributed by atoms with E-state index < -0.39 is 0 Å². The standard InChI is InChI=1S/C13H11Cl3N4/c14-9-6-11(16)12(7-10(9)15)19-13(20-17)18-8-4-2-1-3-5-8/h1-7H,17H2,(H2,18,19,20). The number of aliphatic imine (C=N–C) groups is 1. The largest absolute Gasteiger partial charge is 0.325 e. The summed E-state index contributed by atoms with van der Waals surface area (Å²) in [6, 6.07) is 12.5. The molecule has 0 unspecified atom stereocenters. The molecule has 0 aliphatic carbocycles. The summed E-state index contributed by atoms with van der Waals surface area (Å²) >= 11 is 17.9. The van der Waals surface area contributed by atoms with Crippen LogP contribution in [-0.2, 0) is 0 Å². The second kappa shape index (κ2) is 6.81. The minimum absolute atomic E-state index is 0.330. The van der Waals surface area contributed by atoms with Gasteiger partial charge in [-0.15, -0.1) is 0 Å². The maximum atomic E-state index is 6.06. The van der Waals surface area contributed by atoms with Crippen molar-refractivity contribution >= 4 is 52.1 Å². The Labute approximate surface area is 131 Å². The first-order valence-electron chi connectivity index (χ1n) is 5.62. The molecule has 4 N–H and O–H groups in total. The smallest absolute Gasteiger partial charge is 0.215 e. The molecule has 0 aromatic heterocycles. The molecular formula is C13H11Cl3N4. The normalized spacial score (nSPS) is 11.3. The lowest BCUT2D eigenvalue weighted by molar-refractivity contribution is 1.02. The zero-order valence-corrected chi connectivity index (χ0v) is 12.5. The number of nitrogens with two attached hydrogens (primary N) is 1. The third-order valence-corrected chi connectivity index (χ3v) is 3.42. The fraction of sp³-hybridized carbons (Fsp3) is 0. The van der Waals surface area contributed by atoms with Gasteiger partial charge in [0, 0.05) is 5.69 Å². The van der Waals surface area contributed by atoms with Crippen molar-refractivity contribution in [2.45, 2.75) is 0 Å². The van der Waals surface area contributed by atoms with Crippen LogP contribution < -0.4 is 16.6 Å². The third kappa shape index (κ3) is 3.77. The average molecular weight is 330 g/mol. The number of para-hydroxylation sites is 1. The first-order valence-corrected chi connectivity index (χ1v) is 6.75.